The Morgan fingerprint density at radius 1 is 1.00 bits per heavy atom. The third-order valence-corrected chi connectivity index (χ3v) is 5.26. The van der Waals surface area contributed by atoms with Crippen molar-refractivity contribution in [3.63, 3.8) is 0 Å². The number of nitrogens with zero attached hydrogens (tertiary/aromatic N) is 2. The maximum atomic E-state index is 10.7. The second kappa shape index (κ2) is 8.03. The van der Waals surface area contributed by atoms with E-state index in [9.17, 15) is 5.11 Å². The van der Waals surface area contributed by atoms with Crippen molar-refractivity contribution in [2.45, 2.75) is 32.4 Å². The Bertz CT molecular complexity index is 1100. The molecular formula is C24H27N2O2+. The average Bonchev–Trinajstić information content (AvgIpc) is 2.98. The van der Waals surface area contributed by atoms with Crippen LogP contribution < -0.4 is 9.30 Å². The number of fused-ring (bicyclic) bond motifs is 2. The normalized spacial score (nSPS) is 12.5. The fraction of sp³-hybridized carbons (Fsp3) is 0.292. The number of hydrogen-bond acceptors (Lipinski definition) is 2. The highest BCUT2D eigenvalue weighted by Crippen LogP contribution is 2.21. The van der Waals surface area contributed by atoms with E-state index in [0.29, 0.717) is 6.54 Å². The van der Waals surface area contributed by atoms with Gasteiger partial charge in [-0.1, -0.05) is 49.4 Å². The molecule has 1 N–H and O–H groups in total. The molecule has 0 fully saturated rings. The first-order chi connectivity index (χ1) is 13.7. The van der Waals surface area contributed by atoms with Crippen LogP contribution in [0.4, 0.5) is 0 Å². The summed E-state index contributed by atoms with van der Waals surface area (Å²) in [5.74, 6) is 2.02. The maximum absolute atomic E-state index is 10.7. The quantitative estimate of drug-likeness (QED) is 0.496. The standard InChI is InChI=1S/C24H27N2O2/c1-3-8-24-25(2)22-11-6-7-12-23(22)26(24)16-20(27)17-28-21-14-13-18-9-4-5-10-19(18)15-21/h4-7,9-15,20,27H,3,8,16-17H2,1-2H3/q+1. The lowest BCUT2D eigenvalue weighted by Gasteiger charge is -2.13. The number of imidazole rings is 1. The molecule has 0 aliphatic carbocycles. The summed E-state index contributed by atoms with van der Waals surface area (Å²) in [6.07, 6.45) is 1.45. The lowest BCUT2D eigenvalue weighted by molar-refractivity contribution is -0.654. The van der Waals surface area contributed by atoms with Gasteiger partial charge < -0.3 is 9.84 Å². The molecule has 0 radical (unpaired) electrons. The third-order valence-electron chi connectivity index (χ3n) is 5.26. The van der Waals surface area contributed by atoms with Crippen LogP contribution in [0.3, 0.4) is 0 Å². The SMILES string of the molecule is CCCc1n(CC(O)COc2ccc3ccccc3c2)c2ccccc2[n+]1C. The Morgan fingerprint density at radius 2 is 1.75 bits per heavy atom. The van der Waals surface area contributed by atoms with Crippen LogP contribution in [0.1, 0.15) is 19.2 Å². The zero-order valence-electron chi connectivity index (χ0n) is 16.5. The van der Waals surface area contributed by atoms with E-state index in [1.54, 1.807) is 0 Å². The number of aromatic nitrogens is 2. The molecule has 0 spiro atoms. The number of para-hydroxylation sites is 2. The van der Waals surface area contributed by atoms with Gasteiger partial charge in [0.1, 0.15) is 25.0 Å². The number of rotatable bonds is 7. The van der Waals surface area contributed by atoms with Gasteiger partial charge in [0.2, 0.25) is 0 Å². The van der Waals surface area contributed by atoms with E-state index >= 15 is 0 Å². The molecule has 0 saturated carbocycles. The molecule has 0 aliphatic heterocycles. The van der Waals surface area contributed by atoms with Gasteiger partial charge in [0.25, 0.3) is 5.82 Å². The molecule has 144 valence electrons. The highest BCUT2D eigenvalue weighted by molar-refractivity contribution is 5.83. The van der Waals surface area contributed by atoms with Crippen molar-refractivity contribution in [2.24, 2.45) is 7.05 Å². The topological polar surface area (TPSA) is 38.3 Å². The maximum Gasteiger partial charge on any atom is 0.257 e. The van der Waals surface area contributed by atoms with Gasteiger partial charge in [-0.05, 0) is 41.5 Å². The summed E-state index contributed by atoms with van der Waals surface area (Å²) in [5.41, 5.74) is 2.34. The smallest absolute Gasteiger partial charge is 0.257 e. The summed E-state index contributed by atoms with van der Waals surface area (Å²) < 4.78 is 10.4. The van der Waals surface area contributed by atoms with E-state index < -0.39 is 6.10 Å². The lowest BCUT2D eigenvalue weighted by Crippen LogP contribution is -2.34. The molecule has 4 heteroatoms. The summed E-state index contributed by atoms with van der Waals surface area (Å²) in [6, 6.07) is 22.6. The predicted molar refractivity (Wildman–Crippen MR) is 113 cm³/mol. The first-order valence-corrected chi connectivity index (χ1v) is 9.93. The molecule has 4 nitrogen and oxygen atoms in total. The number of aliphatic hydroxyl groups is 1. The van der Waals surface area contributed by atoms with Gasteiger partial charge in [0.15, 0.2) is 11.0 Å². The van der Waals surface area contributed by atoms with Crippen molar-refractivity contribution < 1.29 is 14.4 Å². The minimum absolute atomic E-state index is 0.264. The molecule has 0 saturated heterocycles. The monoisotopic (exact) mass is 375 g/mol. The number of aliphatic hydroxyl groups excluding tert-OH is 1. The van der Waals surface area contributed by atoms with Crippen LogP contribution >= 0.6 is 0 Å². The lowest BCUT2D eigenvalue weighted by atomic mass is 10.1. The molecule has 28 heavy (non-hydrogen) atoms. The van der Waals surface area contributed by atoms with Crippen LogP contribution in [0.15, 0.2) is 66.7 Å². The zero-order chi connectivity index (χ0) is 19.5. The second-order valence-corrected chi connectivity index (χ2v) is 7.30. The third kappa shape index (κ3) is 3.60. The first-order valence-electron chi connectivity index (χ1n) is 9.93. The van der Waals surface area contributed by atoms with Gasteiger partial charge in [-0.3, -0.25) is 0 Å². The summed E-state index contributed by atoms with van der Waals surface area (Å²) in [5, 5.41) is 13.0. The second-order valence-electron chi connectivity index (χ2n) is 7.30. The molecule has 1 heterocycles. The molecular weight excluding hydrogens is 348 g/mol. The van der Waals surface area contributed by atoms with Crippen molar-refractivity contribution in [3.05, 3.63) is 72.6 Å². The summed E-state index contributed by atoms with van der Waals surface area (Å²) in [6.45, 7) is 2.96. The van der Waals surface area contributed by atoms with E-state index in [-0.39, 0.29) is 6.61 Å². The average molecular weight is 375 g/mol. The van der Waals surface area contributed by atoms with Crippen molar-refractivity contribution in [1.82, 2.24) is 4.57 Å². The van der Waals surface area contributed by atoms with Crippen LogP contribution in [0, 0.1) is 0 Å². The molecule has 4 rings (SSSR count). The molecule has 3 aromatic carbocycles. The fourth-order valence-electron chi connectivity index (χ4n) is 3.88. The number of benzene rings is 3. The summed E-state index contributed by atoms with van der Waals surface area (Å²) in [4.78, 5) is 0. The van der Waals surface area contributed by atoms with Crippen molar-refractivity contribution >= 4 is 21.8 Å². The van der Waals surface area contributed by atoms with Gasteiger partial charge in [-0.2, -0.15) is 0 Å². The fourth-order valence-corrected chi connectivity index (χ4v) is 3.88. The van der Waals surface area contributed by atoms with Gasteiger partial charge in [0, 0.05) is 6.42 Å². The highest BCUT2D eigenvalue weighted by atomic mass is 16.5. The van der Waals surface area contributed by atoms with E-state index in [4.69, 9.17) is 4.74 Å². The van der Waals surface area contributed by atoms with Crippen LogP contribution in [0.2, 0.25) is 0 Å². The van der Waals surface area contributed by atoms with Gasteiger partial charge >= 0.3 is 0 Å². The number of hydrogen-bond donors (Lipinski definition) is 1. The minimum atomic E-state index is -0.585. The molecule has 0 amide bonds. The van der Waals surface area contributed by atoms with E-state index in [2.05, 4.69) is 59.5 Å². The van der Waals surface area contributed by atoms with Crippen LogP contribution in [-0.4, -0.2) is 22.4 Å². The largest absolute Gasteiger partial charge is 0.491 e. The van der Waals surface area contributed by atoms with E-state index in [1.807, 2.05) is 30.3 Å². The van der Waals surface area contributed by atoms with Gasteiger partial charge in [-0.25, -0.2) is 9.13 Å². The van der Waals surface area contributed by atoms with Crippen molar-refractivity contribution in [3.8, 4) is 5.75 Å². The number of aryl methyl sites for hydroxylation is 1. The minimum Gasteiger partial charge on any atom is -0.491 e. The summed E-state index contributed by atoms with van der Waals surface area (Å²) >= 11 is 0. The van der Waals surface area contributed by atoms with Crippen molar-refractivity contribution in [1.29, 1.82) is 0 Å². The van der Waals surface area contributed by atoms with Gasteiger partial charge in [-0.15, -0.1) is 0 Å². The molecule has 0 aliphatic rings. The zero-order valence-corrected chi connectivity index (χ0v) is 16.5. The molecule has 0 bridgehead atoms. The Morgan fingerprint density at radius 3 is 2.57 bits per heavy atom. The van der Waals surface area contributed by atoms with E-state index in [0.717, 1.165) is 29.5 Å². The van der Waals surface area contributed by atoms with Crippen LogP contribution in [0.25, 0.3) is 21.8 Å². The Balaban J connectivity index is 1.51. The highest BCUT2D eigenvalue weighted by Gasteiger charge is 2.23. The van der Waals surface area contributed by atoms with E-state index in [1.165, 1.54) is 16.7 Å². The molecule has 4 aromatic rings. The molecule has 1 unspecified atom stereocenters. The predicted octanol–water partition coefficient (Wildman–Crippen LogP) is 4.01. The Labute approximate surface area is 165 Å². The first kappa shape index (κ1) is 18.5. The van der Waals surface area contributed by atoms with Crippen molar-refractivity contribution in [2.75, 3.05) is 6.61 Å². The molecule has 1 aromatic heterocycles. The number of ether oxygens (including phenoxy) is 1. The van der Waals surface area contributed by atoms with Gasteiger partial charge in [0.05, 0.1) is 7.05 Å². The van der Waals surface area contributed by atoms with Crippen LogP contribution in [0.5, 0.6) is 5.75 Å². The Kier molecular flexibility index (Phi) is 5.31. The summed E-state index contributed by atoms with van der Waals surface area (Å²) in [7, 11) is 2.10. The molecule has 1 atom stereocenters. The van der Waals surface area contributed by atoms with Crippen LogP contribution in [-0.2, 0) is 20.0 Å². The Hall–Kier alpha value is -2.85.